The van der Waals surface area contributed by atoms with E-state index in [9.17, 15) is 14.7 Å². The highest BCUT2D eigenvalue weighted by molar-refractivity contribution is 6.46. The topological polar surface area (TPSA) is 102 Å². The second kappa shape index (κ2) is 13.6. The van der Waals surface area contributed by atoms with Crippen molar-refractivity contribution in [3.05, 3.63) is 52.6 Å². The molecule has 9 heteroatoms. The lowest BCUT2D eigenvalue weighted by Crippen LogP contribution is -3.12. The predicted molar refractivity (Wildman–Crippen MR) is 151 cm³/mol. The zero-order valence-corrected chi connectivity index (χ0v) is 24.9. The normalized spacial score (nSPS) is 16.6. The molecule has 1 heterocycles. The first kappa shape index (κ1) is 30.8. The molecular formula is C31H42N2O7. The third-order valence-electron chi connectivity index (χ3n) is 7.26. The first-order valence-corrected chi connectivity index (χ1v) is 13.7. The van der Waals surface area contributed by atoms with E-state index in [2.05, 4.69) is 27.7 Å². The second-order valence-electron chi connectivity index (χ2n) is 10.3. The molecule has 1 saturated heterocycles. The molecule has 1 aliphatic rings. The van der Waals surface area contributed by atoms with Crippen LogP contribution >= 0.6 is 0 Å². The molecule has 1 amide bonds. The number of carbonyl (C=O) groups excluding carboxylic acids is 2. The summed E-state index contributed by atoms with van der Waals surface area (Å²) in [6.07, 6.45) is 0. The summed E-state index contributed by atoms with van der Waals surface area (Å²) in [6.45, 7) is 13.3. The van der Waals surface area contributed by atoms with Gasteiger partial charge in [0, 0.05) is 5.57 Å². The van der Waals surface area contributed by atoms with Gasteiger partial charge in [0.25, 0.3) is 5.91 Å². The number of ketones is 1. The molecular weight excluding hydrogens is 512 g/mol. The molecule has 1 aliphatic heterocycles. The van der Waals surface area contributed by atoms with Crippen LogP contribution in [0.5, 0.6) is 23.0 Å². The number of amides is 1. The number of benzene rings is 2. The quantitative estimate of drug-likeness (QED) is 0.230. The Morgan fingerprint density at radius 3 is 2.12 bits per heavy atom. The Labute approximate surface area is 237 Å². The number of aryl methyl sites for hydroxylation is 1. The molecule has 0 radical (unpaired) electrons. The van der Waals surface area contributed by atoms with Gasteiger partial charge in [-0.1, -0.05) is 25.7 Å². The maximum atomic E-state index is 14.0. The van der Waals surface area contributed by atoms with E-state index in [0.717, 1.165) is 13.1 Å². The number of Topliss-reactive ketones (excluding diaryl/α,β-unsaturated/α-hetero) is 1. The van der Waals surface area contributed by atoms with Gasteiger partial charge in [0.15, 0.2) is 11.5 Å². The van der Waals surface area contributed by atoms with Crippen molar-refractivity contribution in [2.75, 3.05) is 54.1 Å². The number of methoxy groups -OCH3 is 3. The molecule has 1 unspecified atom stereocenters. The van der Waals surface area contributed by atoms with E-state index in [1.807, 2.05) is 0 Å². The maximum Gasteiger partial charge on any atom is 0.295 e. The van der Waals surface area contributed by atoms with Crippen LogP contribution in [0.2, 0.25) is 0 Å². The number of nitrogens with zero attached hydrogens (tertiary/aromatic N) is 1. The van der Waals surface area contributed by atoms with E-state index in [1.54, 1.807) is 37.3 Å². The summed E-state index contributed by atoms with van der Waals surface area (Å²) in [5.41, 5.74) is 1.45. The number of hydrogen-bond donors (Lipinski definition) is 1. The summed E-state index contributed by atoms with van der Waals surface area (Å²) in [7, 11) is 4.49. The van der Waals surface area contributed by atoms with Crippen molar-refractivity contribution in [1.29, 1.82) is 0 Å². The van der Waals surface area contributed by atoms with Crippen molar-refractivity contribution in [2.24, 2.45) is 5.92 Å². The van der Waals surface area contributed by atoms with E-state index in [-0.39, 0.29) is 5.57 Å². The molecule has 3 rings (SSSR count). The lowest BCUT2D eigenvalue weighted by molar-refractivity contribution is -0.895. The van der Waals surface area contributed by atoms with Crippen LogP contribution in [0.25, 0.3) is 5.76 Å². The minimum atomic E-state index is -0.910. The fourth-order valence-electron chi connectivity index (χ4n) is 4.98. The number of hydrogen-bond acceptors (Lipinski definition) is 7. The third-order valence-corrected chi connectivity index (χ3v) is 7.26. The van der Waals surface area contributed by atoms with Gasteiger partial charge in [-0.05, 0) is 67.6 Å². The van der Waals surface area contributed by atoms with Gasteiger partial charge in [0.1, 0.15) is 5.75 Å². The van der Waals surface area contributed by atoms with Crippen molar-refractivity contribution in [2.45, 2.75) is 40.7 Å². The van der Waals surface area contributed by atoms with E-state index < -0.39 is 23.5 Å². The number of rotatable bonds is 13. The zero-order valence-electron chi connectivity index (χ0n) is 24.9. The molecule has 0 spiro atoms. The summed E-state index contributed by atoms with van der Waals surface area (Å²) < 4.78 is 22.4. The number of quaternary nitrogens is 1. The number of likely N-dealkylation sites (N-methyl/N-ethyl adjacent to an activating group) is 1. The molecule has 2 aromatic carbocycles. The average molecular weight is 555 g/mol. The number of likely N-dealkylation sites (tertiary alicyclic amines) is 1. The Hall–Kier alpha value is -3.72. The van der Waals surface area contributed by atoms with Crippen LogP contribution in [0.4, 0.5) is 0 Å². The molecule has 0 aliphatic carbocycles. The highest BCUT2D eigenvalue weighted by atomic mass is 16.5. The molecule has 0 saturated carbocycles. The van der Waals surface area contributed by atoms with Crippen LogP contribution in [0.3, 0.4) is 0 Å². The molecule has 9 nitrogen and oxygen atoms in total. The van der Waals surface area contributed by atoms with Crippen molar-refractivity contribution in [3.8, 4) is 23.0 Å². The largest absolute Gasteiger partial charge is 0.872 e. The molecule has 0 aromatic heterocycles. The highest BCUT2D eigenvalue weighted by Gasteiger charge is 2.45. The van der Waals surface area contributed by atoms with Gasteiger partial charge in [-0.2, -0.15) is 0 Å². The predicted octanol–water partition coefficient (Wildman–Crippen LogP) is 2.20. The monoisotopic (exact) mass is 554 g/mol. The molecule has 1 fully saturated rings. The van der Waals surface area contributed by atoms with Gasteiger partial charge in [0.2, 0.25) is 11.5 Å². The van der Waals surface area contributed by atoms with Gasteiger partial charge in [-0.25, -0.2) is 0 Å². The molecule has 218 valence electrons. The van der Waals surface area contributed by atoms with Crippen molar-refractivity contribution in [1.82, 2.24) is 4.90 Å². The first-order chi connectivity index (χ1) is 19.1. The molecule has 1 N–H and O–H groups in total. The number of ether oxygens (including phenoxy) is 4. The smallest absolute Gasteiger partial charge is 0.295 e. The zero-order chi connectivity index (χ0) is 29.6. The minimum Gasteiger partial charge on any atom is -0.872 e. The molecule has 1 atom stereocenters. The maximum absolute atomic E-state index is 14.0. The van der Waals surface area contributed by atoms with Crippen LogP contribution in [0, 0.1) is 12.8 Å². The van der Waals surface area contributed by atoms with Crippen molar-refractivity contribution in [3.63, 3.8) is 0 Å². The van der Waals surface area contributed by atoms with E-state index in [1.165, 1.54) is 31.1 Å². The highest BCUT2D eigenvalue weighted by Crippen LogP contribution is 2.45. The summed E-state index contributed by atoms with van der Waals surface area (Å²) in [4.78, 5) is 29.7. The van der Waals surface area contributed by atoms with Gasteiger partial charge < -0.3 is 33.9 Å². The molecule has 0 bridgehead atoms. The average Bonchev–Trinajstić information content (AvgIpc) is 3.20. The van der Waals surface area contributed by atoms with Gasteiger partial charge >= 0.3 is 0 Å². The Balaban J connectivity index is 2.19. The van der Waals surface area contributed by atoms with Crippen LogP contribution < -0.4 is 29.0 Å². The lowest BCUT2D eigenvalue weighted by Gasteiger charge is -2.29. The second-order valence-corrected chi connectivity index (χ2v) is 10.3. The minimum absolute atomic E-state index is 0.0900. The summed E-state index contributed by atoms with van der Waals surface area (Å²) >= 11 is 0. The Kier molecular flexibility index (Phi) is 10.5. The van der Waals surface area contributed by atoms with E-state index in [4.69, 9.17) is 18.9 Å². The van der Waals surface area contributed by atoms with Crippen molar-refractivity contribution < 1.29 is 38.5 Å². The van der Waals surface area contributed by atoms with Crippen LogP contribution in [0.15, 0.2) is 35.9 Å². The van der Waals surface area contributed by atoms with Crippen LogP contribution in [-0.2, 0) is 9.59 Å². The summed E-state index contributed by atoms with van der Waals surface area (Å²) in [6, 6.07) is 7.64. The Bertz CT molecular complexity index is 1230. The van der Waals surface area contributed by atoms with Gasteiger partial charge in [-0.3, -0.25) is 9.59 Å². The fourth-order valence-corrected chi connectivity index (χ4v) is 4.98. The van der Waals surface area contributed by atoms with Crippen LogP contribution in [-0.4, -0.2) is 70.7 Å². The van der Waals surface area contributed by atoms with Crippen LogP contribution in [0.1, 0.15) is 50.4 Å². The van der Waals surface area contributed by atoms with Gasteiger partial charge in [0.05, 0.1) is 60.2 Å². The third kappa shape index (κ3) is 6.36. The van der Waals surface area contributed by atoms with E-state index >= 15 is 0 Å². The van der Waals surface area contributed by atoms with E-state index in [0.29, 0.717) is 65.3 Å². The summed E-state index contributed by atoms with van der Waals surface area (Å²) in [5.74, 6) is 0.141. The lowest BCUT2D eigenvalue weighted by atomic mass is 9.93. The van der Waals surface area contributed by atoms with Crippen molar-refractivity contribution >= 4 is 17.4 Å². The standard InChI is InChI=1S/C31H42N2O7/c1-9-32(10-2)13-14-33-27(21-16-24(37-6)30(39-8)25(17-21)38-7)26(29(35)31(33)36)28(34)23-12-11-22(15-20(23)5)40-18-19(3)4/h11-12,15-17,19,27,34H,9-10,13-14,18H2,1-8H3. The SMILES string of the molecule is CC[NH+](CC)CCN1C(=O)C(=O)C(=C([O-])c2ccc(OCC(C)C)cc2C)C1c1cc(OC)c(OC)c(OC)c1. The number of carbonyl (C=O) groups is 2. The fraction of sp³-hybridized carbons (Fsp3) is 0.484. The Morgan fingerprint density at radius 2 is 1.62 bits per heavy atom. The number of nitrogens with one attached hydrogen (secondary N) is 1. The first-order valence-electron chi connectivity index (χ1n) is 13.7. The molecule has 2 aromatic rings. The summed E-state index contributed by atoms with van der Waals surface area (Å²) in [5, 5.41) is 14.0. The Morgan fingerprint density at radius 1 is 1.00 bits per heavy atom. The van der Waals surface area contributed by atoms with Gasteiger partial charge in [-0.15, -0.1) is 0 Å². The molecule has 40 heavy (non-hydrogen) atoms.